The van der Waals surface area contributed by atoms with E-state index in [1.54, 1.807) is 18.2 Å². The number of rotatable bonds is 4. The maximum Gasteiger partial charge on any atom is 0.128 e. The number of ether oxygens (including phenoxy) is 2. The fraction of sp³-hybridized carbons (Fsp3) is 0.400. The van der Waals surface area contributed by atoms with Crippen LogP contribution >= 0.6 is 0 Å². The first kappa shape index (κ1) is 10.8. The lowest BCUT2D eigenvalue weighted by Gasteiger charge is -2.15. The van der Waals surface area contributed by atoms with Crippen LogP contribution in [0.15, 0.2) is 18.2 Å². The summed E-state index contributed by atoms with van der Waals surface area (Å²) in [5.41, 5.74) is 0.472. The summed E-state index contributed by atoms with van der Waals surface area (Å²) >= 11 is 0. The lowest BCUT2D eigenvalue weighted by Crippen LogP contribution is -2.06. The highest BCUT2D eigenvalue weighted by Crippen LogP contribution is 2.33. The topological polar surface area (TPSA) is 58.9 Å². The summed E-state index contributed by atoms with van der Waals surface area (Å²) in [5.74, 6) is 1.01. The summed E-state index contributed by atoms with van der Waals surface area (Å²) in [5, 5.41) is 18.4. The average molecular weight is 198 g/mol. The third-order valence-corrected chi connectivity index (χ3v) is 1.97. The van der Waals surface area contributed by atoms with Crippen molar-refractivity contribution in [3.8, 4) is 11.5 Å². The molecule has 0 aromatic heterocycles. The fourth-order valence-electron chi connectivity index (χ4n) is 1.30. The molecule has 1 rings (SSSR count). The molecule has 1 aromatic carbocycles. The molecule has 2 N–H and O–H groups in total. The van der Waals surface area contributed by atoms with E-state index in [1.165, 1.54) is 14.2 Å². The van der Waals surface area contributed by atoms with Crippen LogP contribution in [0.3, 0.4) is 0 Å². The summed E-state index contributed by atoms with van der Waals surface area (Å²) in [6.07, 6.45) is -0.985. The number of hydrogen-bond acceptors (Lipinski definition) is 4. The van der Waals surface area contributed by atoms with E-state index in [4.69, 9.17) is 14.6 Å². The Balaban J connectivity index is 3.18. The van der Waals surface area contributed by atoms with E-state index < -0.39 is 6.10 Å². The van der Waals surface area contributed by atoms with Crippen LogP contribution in [0.1, 0.15) is 11.7 Å². The standard InChI is InChI=1S/C10H14O4/c1-13-8-4-3-5-9(14-2)10(8)7(12)6-11/h3-5,7,11-12H,6H2,1-2H3. The van der Waals surface area contributed by atoms with Crippen molar-refractivity contribution in [3.05, 3.63) is 23.8 Å². The zero-order chi connectivity index (χ0) is 10.6. The molecule has 0 saturated heterocycles. The molecule has 0 amide bonds. The summed E-state index contributed by atoms with van der Waals surface area (Å²) in [6.45, 7) is -0.364. The van der Waals surface area contributed by atoms with E-state index in [-0.39, 0.29) is 6.61 Å². The number of hydrogen-bond donors (Lipinski definition) is 2. The SMILES string of the molecule is COc1cccc(OC)c1C(O)CO. The Hall–Kier alpha value is -1.26. The Morgan fingerprint density at radius 1 is 1.21 bits per heavy atom. The van der Waals surface area contributed by atoms with E-state index >= 15 is 0 Å². The van der Waals surface area contributed by atoms with Gasteiger partial charge in [0.25, 0.3) is 0 Å². The van der Waals surface area contributed by atoms with Crippen LogP contribution in [0.2, 0.25) is 0 Å². The first-order valence-corrected chi connectivity index (χ1v) is 4.24. The van der Waals surface area contributed by atoms with Gasteiger partial charge in [-0.2, -0.15) is 0 Å². The quantitative estimate of drug-likeness (QED) is 0.748. The van der Waals surface area contributed by atoms with Crippen molar-refractivity contribution in [1.82, 2.24) is 0 Å². The highest BCUT2D eigenvalue weighted by molar-refractivity contribution is 5.46. The molecule has 4 heteroatoms. The number of aliphatic hydroxyl groups is 2. The van der Waals surface area contributed by atoms with Crippen molar-refractivity contribution >= 4 is 0 Å². The smallest absolute Gasteiger partial charge is 0.128 e. The average Bonchev–Trinajstić information content (AvgIpc) is 2.26. The van der Waals surface area contributed by atoms with Crippen LogP contribution < -0.4 is 9.47 Å². The molecule has 1 unspecified atom stereocenters. The minimum absolute atomic E-state index is 0.364. The predicted octanol–water partition coefficient (Wildman–Crippen LogP) is 0.729. The number of benzene rings is 1. The summed E-state index contributed by atoms with van der Waals surface area (Å²) in [7, 11) is 3.00. The maximum absolute atomic E-state index is 9.54. The highest BCUT2D eigenvalue weighted by atomic mass is 16.5. The van der Waals surface area contributed by atoms with Gasteiger partial charge in [0.05, 0.1) is 26.4 Å². The Kier molecular flexibility index (Phi) is 3.73. The first-order valence-electron chi connectivity index (χ1n) is 4.24. The second-order valence-corrected chi connectivity index (χ2v) is 2.77. The van der Waals surface area contributed by atoms with Gasteiger partial charge in [0.15, 0.2) is 0 Å². The third kappa shape index (κ3) is 1.97. The highest BCUT2D eigenvalue weighted by Gasteiger charge is 2.17. The molecule has 4 nitrogen and oxygen atoms in total. The van der Waals surface area contributed by atoms with Gasteiger partial charge in [-0.05, 0) is 12.1 Å². The molecular weight excluding hydrogens is 184 g/mol. The number of aliphatic hydroxyl groups excluding tert-OH is 2. The monoisotopic (exact) mass is 198 g/mol. The van der Waals surface area contributed by atoms with Crippen LogP contribution in [-0.2, 0) is 0 Å². The van der Waals surface area contributed by atoms with Gasteiger partial charge in [-0.25, -0.2) is 0 Å². The van der Waals surface area contributed by atoms with Gasteiger partial charge < -0.3 is 19.7 Å². The van der Waals surface area contributed by atoms with Crippen molar-refractivity contribution in [2.75, 3.05) is 20.8 Å². The predicted molar refractivity (Wildman–Crippen MR) is 51.6 cm³/mol. The molecule has 78 valence electrons. The number of methoxy groups -OCH3 is 2. The Morgan fingerprint density at radius 3 is 2.07 bits per heavy atom. The Bertz CT molecular complexity index is 276. The van der Waals surface area contributed by atoms with Crippen LogP contribution in [0.4, 0.5) is 0 Å². The lowest BCUT2D eigenvalue weighted by molar-refractivity contribution is 0.0910. The van der Waals surface area contributed by atoms with Crippen LogP contribution in [-0.4, -0.2) is 31.0 Å². The summed E-state index contributed by atoms with van der Waals surface area (Å²) < 4.78 is 10.1. The normalized spacial score (nSPS) is 12.3. The van der Waals surface area contributed by atoms with Crippen molar-refractivity contribution in [2.24, 2.45) is 0 Å². The van der Waals surface area contributed by atoms with E-state index in [2.05, 4.69) is 0 Å². The van der Waals surface area contributed by atoms with Crippen LogP contribution in [0, 0.1) is 0 Å². The van der Waals surface area contributed by atoms with Gasteiger partial charge in [-0.15, -0.1) is 0 Å². The largest absolute Gasteiger partial charge is 0.496 e. The third-order valence-electron chi connectivity index (χ3n) is 1.97. The van der Waals surface area contributed by atoms with Crippen molar-refractivity contribution in [2.45, 2.75) is 6.10 Å². The fourth-order valence-corrected chi connectivity index (χ4v) is 1.30. The second kappa shape index (κ2) is 4.83. The summed E-state index contributed by atoms with van der Waals surface area (Å²) in [6, 6.07) is 5.17. The molecule has 0 saturated carbocycles. The van der Waals surface area contributed by atoms with Crippen LogP contribution in [0.5, 0.6) is 11.5 Å². The minimum atomic E-state index is -0.985. The van der Waals surface area contributed by atoms with Gasteiger partial charge in [0.1, 0.15) is 17.6 Å². The molecule has 1 atom stereocenters. The van der Waals surface area contributed by atoms with E-state index in [0.717, 1.165) is 0 Å². The Labute approximate surface area is 82.7 Å². The Morgan fingerprint density at radius 2 is 1.71 bits per heavy atom. The molecule has 0 fully saturated rings. The maximum atomic E-state index is 9.54. The van der Waals surface area contributed by atoms with Crippen molar-refractivity contribution in [3.63, 3.8) is 0 Å². The summed E-state index contributed by atoms with van der Waals surface area (Å²) in [4.78, 5) is 0. The molecule has 0 heterocycles. The molecule has 0 radical (unpaired) electrons. The van der Waals surface area contributed by atoms with Gasteiger partial charge in [-0.1, -0.05) is 6.07 Å². The molecule has 1 aromatic rings. The van der Waals surface area contributed by atoms with Gasteiger partial charge in [0, 0.05) is 0 Å². The van der Waals surface area contributed by atoms with E-state index in [9.17, 15) is 5.11 Å². The molecule has 0 spiro atoms. The molecule has 0 aliphatic heterocycles. The van der Waals surface area contributed by atoms with E-state index in [1.807, 2.05) is 0 Å². The molecular formula is C10H14O4. The second-order valence-electron chi connectivity index (χ2n) is 2.77. The zero-order valence-electron chi connectivity index (χ0n) is 8.23. The van der Waals surface area contributed by atoms with Gasteiger partial charge in [-0.3, -0.25) is 0 Å². The lowest BCUT2D eigenvalue weighted by atomic mass is 10.1. The van der Waals surface area contributed by atoms with Gasteiger partial charge in [0.2, 0.25) is 0 Å². The molecule has 0 aliphatic carbocycles. The van der Waals surface area contributed by atoms with Crippen LogP contribution in [0.25, 0.3) is 0 Å². The molecule has 14 heavy (non-hydrogen) atoms. The molecule has 0 bridgehead atoms. The molecule has 0 aliphatic rings. The van der Waals surface area contributed by atoms with Gasteiger partial charge >= 0.3 is 0 Å². The van der Waals surface area contributed by atoms with E-state index in [0.29, 0.717) is 17.1 Å². The first-order chi connectivity index (χ1) is 6.74. The zero-order valence-corrected chi connectivity index (χ0v) is 8.23. The minimum Gasteiger partial charge on any atom is -0.496 e. The van der Waals surface area contributed by atoms with Crippen molar-refractivity contribution < 1.29 is 19.7 Å². The van der Waals surface area contributed by atoms with Crippen molar-refractivity contribution in [1.29, 1.82) is 0 Å².